The van der Waals surface area contributed by atoms with Crippen molar-refractivity contribution in [1.82, 2.24) is 20.3 Å². The summed E-state index contributed by atoms with van der Waals surface area (Å²) in [5, 5.41) is 13.1. The highest BCUT2D eigenvalue weighted by molar-refractivity contribution is 5.96. The van der Waals surface area contributed by atoms with E-state index in [2.05, 4.69) is 20.3 Å². The number of fused-ring (bicyclic) bond motifs is 1. The quantitative estimate of drug-likeness (QED) is 0.698. The second kappa shape index (κ2) is 6.57. The summed E-state index contributed by atoms with van der Waals surface area (Å²) in [6.07, 6.45) is 6.23. The van der Waals surface area contributed by atoms with Crippen LogP contribution in [0.15, 0.2) is 18.6 Å². The zero-order chi connectivity index (χ0) is 16.2. The van der Waals surface area contributed by atoms with Gasteiger partial charge in [0.25, 0.3) is 0 Å². The molecule has 2 aromatic rings. The largest absolute Gasteiger partial charge is 0.474 e. The van der Waals surface area contributed by atoms with Crippen LogP contribution >= 0.6 is 0 Å². The van der Waals surface area contributed by atoms with Crippen LogP contribution in [-0.4, -0.2) is 44.7 Å². The first-order valence-electron chi connectivity index (χ1n) is 7.04. The van der Waals surface area contributed by atoms with E-state index in [1.54, 1.807) is 26.1 Å². The Morgan fingerprint density at radius 3 is 2.95 bits per heavy atom. The minimum absolute atomic E-state index is 0.101. The monoisotopic (exact) mass is 304 g/mol. The minimum Gasteiger partial charge on any atom is -0.474 e. The number of rotatable bonds is 6. The molecule has 118 valence electrons. The second-order valence-corrected chi connectivity index (χ2v) is 5.48. The molecule has 0 aromatic carbocycles. The summed E-state index contributed by atoms with van der Waals surface area (Å²) in [6.45, 7) is 5.83. The fourth-order valence-electron chi connectivity index (χ4n) is 1.84. The third-order valence-corrected chi connectivity index (χ3v) is 2.79. The molecule has 0 aliphatic rings. The van der Waals surface area contributed by atoms with Gasteiger partial charge in [0, 0.05) is 24.4 Å². The summed E-state index contributed by atoms with van der Waals surface area (Å²) < 4.78 is 5.58. The molecule has 0 radical (unpaired) electrons. The zero-order valence-corrected chi connectivity index (χ0v) is 12.9. The predicted molar refractivity (Wildman–Crippen MR) is 83.4 cm³/mol. The van der Waals surface area contributed by atoms with Crippen molar-refractivity contribution in [2.75, 3.05) is 13.2 Å². The molecule has 0 aliphatic carbocycles. The van der Waals surface area contributed by atoms with Crippen molar-refractivity contribution in [3.05, 3.63) is 24.2 Å². The van der Waals surface area contributed by atoms with Gasteiger partial charge < -0.3 is 20.1 Å². The summed E-state index contributed by atoms with van der Waals surface area (Å²) in [7, 11) is 0. The molecule has 0 spiro atoms. The summed E-state index contributed by atoms with van der Waals surface area (Å²) in [6, 6.07) is 0. The maximum Gasteiger partial charge on any atom is 0.243 e. The number of amides is 1. The molecule has 22 heavy (non-hydrogen) atoms. The number of carbonyl (C=O) groups excluding carboxylic acids is 1. The number of likely N-dealkylation sites (N-methyl/N-ethyl adjacent to an activating group) is 1. The van der Waals surface area contributed by atoms with Gasteiger partial charge in [0.1, 0.15) is 18.6 Å². The zero-order valence-electron chi connectivity index (χ0n) is 12.9. The van der Waals surface area contributed by atoms with E-state index in [1.165, 1.54) is 12.4 Å². The lowest BCUT2D eigenvalue weighted by molar-refractivity contribution is -0.116. The van der Waals surface area contributed by atoms with Crippen LogP contribution in [0.4, 0.5) is 0 Å². The number of carbonyl (C=O) groups is 1. The van der Waals surface area contributed by atoms with Crippen molar-refractivity contribution in [2.45, 2.75) is 26.4 Å². The molecule has 0 saturated carbocycles. The number of aromatic nitrogens is 3. The van der Waals surface area contributed by atoms with Gasteiger partial charge in [-0.25, -0.2) is 9.97 Å². The normalized spacial score (nSPS) is 12.0. The molecule has 0 fully saturated rings. The Bertz CT molecular complexity index is 686. The van der Waals surface area contributed by atoms with Crippen LogP contribution in [0.5, 0.6) is 5.88 Å². The first-order valence-corrected chi connectivity index (χ1v) is 7.04. The molecule has 2 heterocycles. The van der Waals surface area contributed by atoms with Gasteiger partial charge >= 0.3 is 0 Å². The van der Waals surface area contributed by atoms with Gasteiger partial charge in [0.2, 0.25) is 11.8 Å². The number of nitrogens with zero attached hydrogens (tertiary/aromatic N) is 2. The Kier molecular flexibility index (Phi) is 4.77. The molecule has 0 aliphatic heterocycles. The Balaban J connectivity index is 2.30. The lowest BCUT2D eigenvalue weighted by atomic mass is 10.2. The van der Waals surface area contributed by atoms with Crippen molar-refractivity contribution >= 4 is 23.0 Å². The highest BCUT2D eigenvalue weighted by atomic mass is 16.5. The average molecular weight is 304 g/mol. The Morgan fingerprint density at radius 1 is 1.50 bits per heavy atom. The van der Waals surface area contributed by atoms with Gasteiger partial charge in [0.05, 0.1) is 11.0 Å². The number of hydrogen-bond acceptors (Lipinski definition) is 5. The Morgan fingerprint density at radius 2 is 2.27 bits per heavy atom. The molecule has 7 nitrogen and oxygen atoms in total. The van der Waals surface area contributed by atoms with E-state index in [-0.39, 0.29) is 12.5 Å². The van der Waals surface area contributed by atoms with Crippen molar-refractivity contribution in [2.24, 2.45) is 0 Å². The van der Waals surface area contributed by atoms with Crippen molar-refractivity contribution < 1.29 is 14.6 Å². The molecule has 0 saturated heterocycles. The Hall–Kier alpha value is -2.41. The van der Waals surface area contributed by atoms with E-state index in [0.29, 0.717) is 23.5 Å². The maximum absolute atomic E-state index is 11.5. The standard InChI is InChI=1S/C15H20N4O3/c1-4-16-11(20)6-5-10-7-17-13-12(10)14(19-9-18-13)22-8-15(2,3)21/h5-7,9,21H,4,8H2,1-3H3,(H,16,20)(H,17,18,19). The summed E-state index contributed by atoms with van der Waals surface area (Å²) in [4.78, 5) is 22.8. The van der Waals surface area contributed by atoms with Crippen LogP contribution in [0.2, 0.25) is 0 Å². The van der Waals surface area contributed by atoms with Gasteiger partial charge in [-0.2, -0.15) is 0 Å². The van der Waals surface area contributed by atoms with Crippen LogP contribution in [0.3, 0.4) is 0 Å². The lowest BCUT2D eigenvalue weighted by Gasteiger charge is -2.17. The highest BCUT2D eigenvalue weighted by Gasteiger charge is 2.17. The van der Waals surface area contributed by atoms with E-state index in [9.17, 15) is 9.90 Å². The first kappa shape index (κ1) is 16.0. The van der Waals surface area contributed by atoms with Gasteiger partial charge in [-0.15, -0.1) is 0 Å². The van der Waals surface area contributed by atoms with Gasteiger partial charge in [-0.3, -0.25) is 4.79 Å². The fourth-order valence-corrected chi connectivity index (χ4v) is 1.84. The molecule has 3 N–H and O–H groups in total. The van der Waals surface area contributed by atoms with E-state index < -0.39 is 5.60 Å². The lowest BCUT2D eigenvalue weighted by Crippen LogP contribution is -2.28. The van der Waals surface area contributed by atoms with Crippen LogP contribution < -0.4 is 10.1 Å². The first-order chi connectivity index (χ1) is 10.4. The molecule has 2 aromatic heterocycles. The van der Waals surface area contributed by atoms with Crippen molar-refractivity contribution in [3.8, 4) is 5.88 Å². The molecular weight excluding hydrogens is 284 g/mol. The minimum atomic E-state index is -0.968. The Labute approximate surface area is 128 Å². The van der Waals surface area contributed by atoms with Crippen LogP contribution in [0.25, 0.3) is 17.1 Å². The van der Waals surface area contributed by atoms with Crippen LogP contribution in [0.1, 0.15) is 26.3 Å². The van der Waals surface area contributed by atoms with E-state index in [4.69, 9.17) is 4.74 Å². The number of nitrogens with one attached hydrogen (secondary N) is 2. The van der Waals surface area contributed by atoms with Crippen LogP contribution in [0, 0.1) is 0 Å². The maximum atomic E-state index is 11.5. The molecule has 0 bridgehead atoms. The molecular formula is C15H20N4O3. The molecule has 7 heteroatoms. The molecule has 0 atom stereocenters. The van der Waals surface area contributed by atoms with E-state index in [0.717, 1.165) is 5.56 Å². The molecule has 1 amide bonds. The van der Waals surface area contributed by atoms with E-state index >= 15 is 0 Å². The van der Waals surface area contributed by atoms with Gasteiger partial charge in [-0.1, -0.05) is 0 Å². The molecule has 0 unspecified atom stereocenters. The predicted octanol–water partition coefficient (Wildman–Crippen LogP) is 1.26. The van der Waals surface area contributed by atoms with Gasteiger partial charge in [0.15, 0.2) is 0 Å². The fraction of sp³-hybridized carbons (Fsp3) is 0.400. The number of hydrogen-bond donors (Lipinski definition) is 3. The van der Waals surface area contributed by atoms with E-state index in [1.807, 2.05) is 6.92 Å². The summed E-state index contributed by atoms with van der Waals surface area (Å²) >= 11 is 0. The van der Waals surface area contributed by atoms with Gasteiger partial charge in [-0.05, 0) is 26.8 Å². The number of aliphatic hydroxyl groups is 1. The number of aromatic amines is 1. The third kappa shape index (κ3) is 4.05. The van der Waals surface area contributed by atoms with Crippen LogP contribution in [-0.2, 0) is 4.79 Å². The highest BCUT2D eigenvalue weighted by Crippen LogP contribution is 2.26. The third-order valence-electron chi connectivity index (χ3n) is 2.79. The topological polar surface area (TPSA) is 100 Å². The number of H-pyrrole nitrogens is 1. The average Bonchev–Trinajstić information content (AvgIpc) is 2.86. The second-order valence-electron chi connectivity index (χ2n) is 5.48. The van der Waals surface area contributed by atoms with Crippen molar-refractivity contribution in [3.63, 3.8) is 0 Å². The SMILES string of the molecule is CCNC(=O)C=Cc1c[nH]c2ncnc(OCC(C)(C)O)c12. The number of ether oxygens (including phenoxy) is 1. The summed E-state index contributed by atoms with van der Waals surface area (Å²) in [5.41, 5.74) is 0.383. The van der Waals surface area contributed by atoms with Crippen molar-refractivity contribution in [1.29, 1.82) is 0 Å². The summed E-state index contributed by atoms with van der Waals surface area (Å²) in [5.74, 6) is 0.191. The smallest absolute Gasteiger partial charge is 0.243 e. The molecule has 2 rings (SSSR count).